The Bertz CT molecular complexity index is 261. The molecule has 0 unspecified atom stereocenters. The fraction of sp³-hybridized carbons (Fsp3) is 0.250. The number of pyridine rings is 1. The number of hydrogen-bond donors (Lipinski definition) is 2. The Balaban J connectivity index is 0.000000561. The molecule has 1 aromatic heterocycles. The van der Waals surface area contributed by atoms with E-state index >= 15 is 0 Å². The Morgan fingerprint density at radius 3 is 2.50 bits per heavy atom. The molecular formula is C8H12N2O2. The lowest BCUT2D eigenvalue weighted by atomic mass is 10.2. The Hall–Kier alpha value is -1.58. The van der Waals surface area contributed by atoms with Crippen LogP contribution < -0.4 is 5.73 Å². The van der Waals surface area contributed by atoms with Crippen LogP contribution in [-0.4, -0.2) is 16.1 Å². The second-order valence-corrected chi connectivity index (χ2v) is 1.77. The van der Waals surface area contributed by atoms with Gasteiger partial charge < -0.3 is 10.8 Å². The van der Waals surface area contributed by atoms with Gasteiger partial charge in [-0.25, -0.2) is 4.79 Å². The lowest BCUT2D eigenvalue weighted by Crippen LogP contribution is -2.01. The molecule has 0 spiro atoms. The molecule has 1 rings (SSSR count). The van der Waals surface area contributed by atoms with Gasteiger partial charge in [-0.1, -0.05) is 13.8 Å². The van der Waals surface area contributed by atoms with Crippen molar-refractivity contribution in [3.63, 3.8) is 0 Å². The van der Waals surface area contributed by atoms with Gasteiger partial charge in [0.05, 0.1) is 17.4 Å². The second-order valence-electron chi connectivity index (χ2n) is 1.77. The fourth-order valence-corrected chi connectivity index (χ4v) is 0.601. The summed E-state index contributed by atoms with van der Waals surface area (Å²) in [5, 5.41) is 8.46. The van der Waals surface area contributed by atoms with Crippen LogP contribution in [-0.2, 0) is 0 Å². The quantitative estimate of drug-likeness (QED) is 0.664. The van der Waals surface area contributed by atoms with E-state index in [1.807, 2.05) is 13.8 Å². The Labute approximate surface area is 71.0 Å². The van der Waals surface area contributed by atoms with E-state index in [1.165, 1.54) is 18.5 Å². The maximum absolute atomic E-state index is 10.3. The van der Waals surface area contributed by atoms with E-state index in [9.17, 15) is 4.79 Å². The number of carbonyl (C=O) groups is 1. The number of anilines is 1. The van der Waals surface area contributed by atoms with Gasteiger partial charge in [0.2, 0.25) is 0 Å². The third-order valence-corrected chi connectivity index (χ3v) is 1.08. The standard InChI is InChI=1S/C6H6N2O2.C2H6/c7-5-3-8-2-1-4(5)6(9)10;1-2/h1-3H,7H2,(H,9,10);1-2H3. The van der Waals surface area contributed by atoms with Gasteiger partial charge in [-0.3, -0.25) is 4.98 Å². The van der Waals surface area contributed by atoms with E-state index < -0.39 is 5.97 Å². The zero-order valence-corrected chi connectivity index (χ0v) is 7.11. The molecule has 0 aliphatic carbocycles. The van der Waals surface area contributed by atoms with E-state index in [4.69, 9.17) is 10.8 Å². The Kier molecular flexibility index (Phi) is 4.45. The minimum atomic E-state index is -1.03. The van der Waals surface area contributed by atoms with Crippen LogP contribution in [0.25, 0.3) is 0 Å². The van der Waals surface area contributed by atoms with Crippen molar-refractivity contribution in [2.24, 2.45) is 0 Å². The lowest BCUT2D eigenvalue weighted by molar-refractivity contribution is 0.0698. The Morgan fingerprint density at radius 1 is 1.58 bits per heavy atom. The molecule has 1 heterocycles. The summed E-state index contributed by atoms with van der Waals surface area (Å²) < 4.78 is 0. The van der Waals surface area contributed by atoms with Gasteiger partial charge >= 0.3 is 5.97 Å². The summed E-state index contributed by atoms with van der Waals surface area (Å²) in [7, 11) is 0. The fourth-order valence-electron chi connectivity index (χ4n) is 0.601. The highest BCUT2D eigenvalue weighted by molar-refractivity contribution is 5.93. The van der Waals surface area contributed by atoms with Gasteiger partial charge in [0.1, 0.15) is 0 Å². The van der Waals surface area contributed by atoms with Gasteiger partial charge in [0.25, 0.3) is 0 Å². The van der Waals surface area contributed by atoms with Crippen LogP contribution in [0.4, 0.5) is 5.69 Å². The molecule has 3 N–H and O–H groups in total. The summed E-state index contributed by atoms with van der Waals surface area (Å²) in [4.78, 5) is 14.0. The van der Waals surface area contributed by atoms with E-state index in [2.05, 4.69) is 4.98 Å². The molecule has 0 amide bonds. The lowest BCUT2D eigenvalue weighted by Gasteiger charge is -1.95. The van der Waals surface area contributed by atoms with Crippen molar-refractivity contribution in [3.05, 3.63) is 24.0 Å². The van der Waals surface area contributed by atoms with Crippen molar-refractivity contribution in [2.75, 3.05) is 5.73 Å². The molecule has 0 fully saturated rings. The summed E-state index contributed by atoms with van der Waals surface area (Å²) in [6.45, 7) is 4.00. The SMILES string of the molecule is CC.Nc1cnccc1C(=O)O. The third-order valence-electron chi connectivity index (χ3n) is 1.08. The molecule has 4 nitrogen and oxygen atoms in total. The zero-order chi connectivity index (χ0) is 9.56. The van der Waals surface area contributed by atoms with Crippen LogP contribution >= 0.6 is 0 Å². The maximum Gasteiger partial charge on any atom is 0.337 e. The summed E-state index contributed by atoms with van der Waals surface area (Å²) in [5.74, 6) is -1.03. The van der Waals surface area contributed by atoms with Crippen LogP contribution in [0.1, 0.15) is 24.2 Å². The highest BCUT2D eigenvalue weighted by atomic mass is 16.4. The number of rotatable bonds is 1. The first kappa shape index (κ1) is 10.4. The number of nitrogens with zero attached hydrogens (tertiary/aromatic N) is 1. The van der Waals surface area contributed by atoms with E-state index in [0.29, 0.717) is 0 Å². The summed E-state index contributed by atoms with van der Waals surface area (Å²) in [6.07, 6.45) is 2.70. The topological polar surface area (TPSA) is 76.2 Å². The highest BCUT2D eigenvalue weighted by Gasteiger charge is 2.04. The minimum Gasteiger partial charge on any atom is -0.478 e. The average molecular weight is 168 g/mol. The smallest absolute Gasteiger partial charge is 0.337 e. The molecule has 4 heteroatoms. The molecule has 0 aromatic carbocycles. The Morgan fingerprint density at radius 2 is 2.17 bits per heavy atom. The molecule has 12 heavy (non-hydrogen) atoms. The minimum absolute atomic E-state index is 0.0926. The first-order valence-corrected chi connectivity index (χ1v) is 3.64. The monoisotopic (exact) mass is 168 g/mol. The number of nitrogens with two attached hydrogens (primary N) is 1. The van der Waals surface area contributed by atoms with Crippen LogP contribution in [0.15, 0.2) is 18.5 Å². The van der Waals surface area contributed by atoms with E-state index in [-0.39, 0.29) is 11.3 Å². The molecule has 0 radical (unpaired) electrons. The largest absolute Gasteiger partial charge is 0.478 e. The van der Waals surface area contributed by atoms with Gasteiger partial charge in [0, 0.05) is 6.20 Å². The molecule has 0 saturated heterocycles. The van der Waals surface area contributed by atoms with Crippen molar-refractivity contribution in [1.29, 1.82) is 0 Å². The molecule has 0 aliphatic heterocycles. The number of carboxylic acid groups (broad SMARTS) is 1. The summed E-state index contributed by atoms with van der Waals surface area (Å²) in [6, 6.07) is 1.36. The number of aromatic nitrogens is 1. The number of hydrogen-bond acceptors (Lipinski definition) is 3. The first-order chi connectivity index (χ1) is 5.72. The van der Waals surface area contributed by atoms with Crippen LogP contribution in [0.3, 0.4) is 0 Å². The molecule has 66 valence electrons. The number of aromatic carboxylic acids is 1. The number of carboxylic acids is 1. The molecule has 0 bridgehead atoms. The van der Waals surface area contributed by atoms with Gasteiger partial charge in [-0.05, 0) is 6.07 Å². The third kappa shape index (κ3) is 2.57. The van der Waals surface area contributed by atoms with Crippen LogP contribution in [0.2, 0.25) is 0 Å². The van der Waals surface area contributed by atoms with Crippen LogP contribution in [0.5, 0.6) is 0 Å². The van der Waals surface area contributed by atoms with E-state index in [0.717, 1.165) is 0 Å². The summed E-state index contributed by atoms with van der Waals surface area (Å²) >= 11 is 0. The molecule has 0 saturated carbocycles. The normalized spacial score (nSPS) is 8.17. The second kappa shape index (κ2) is 5.12. The highest BCUT2D eigenvalue weighted by Crippen LogP contribution is 2.06. The average Bonchev–Trinajstić information content (AvgIpc) is 2.08. The van der Waals surface area contributed by atoms with Gasteiger partial charge in [-0.15, -0.1) is 0 Å². The van der Waals surface area contributed by atoms with Crippen molar-refractivity contribution in [3.8, 4) is 0 Å². The molecular weight excluding hydrogens is 156 g/mol. The van der Waals surface area contributed by atoms with Gasteiger partial charge in [-0.2, -0.15) is 0 Å². The van der Waals surface area contributed by atoms with E-state index in [1.54, 1.807) is 0 Å². The summed E-state index contributed by atoms with van der Waals surface area (Å²) in [5.41, 5.74) is 5.56. The number of nitrogen functional groups attached to an aromatic ring is 1. The van der Waals surface area contributed by atoms with Crippen molar-refractivity contribution >= 4 is 11.7 Å². The zero-order valence-electron chi connectivity index (χ0n) is 7.11. The maximum atomic E-state index is 10.3. The molecule has 0 aliphatic rings. The molecule has 0 atom stereocenters. The van der Waals surface area contributed by atoms with Crippen molar-refractivity contribution in [1.82, 2.24) is 4.98 Å². The predicted molar refractivity (Wildman–Crippen MR) is 47.0 cm³/mol. The van der Waals surface area contributed by atoms with Crippen molar-refractivity contribution < 1.29 is 9.90 Å². The van der Waals surface area contributed by atoms with Crippen LogP contribution in [0, 0.1) is 0 Å². The van der Waals surface area contributed by atoms with Crippen molar-refractivity contribution in [2.45, 2.75) is 13.8 Å². The predicted octanol–water partition coefficient (Wildman–Crippen LogP) is 1.39. The van der Waals surface area contributed by atoms with Gasteiger partial charge in [0.15, 0.2) is 0 Å². The molecule has 1 aromatic rings. The first-order valence-electron chi connectivity index (χ1n) is 3.64.